The molecule has 0 spiro atoms. The number of H-pyrrole nitrogens is 1. The number of nitrogens with zero attached hydrogens (tertiary/aromatic N) is 3. The van der Waals surface area contributed by atoms with E-state index >= 15 is 0 Å². The summed E-state index contributed by atoms with van der Waals surface area (Å²) in [5.74, 6) is 0.872. The Morgan fingerprint density at radius 2 is 2.30 bits per heavy atom. The van der Waals surface area contributed by atoms with Crippen LogP contribution in [0.5, 0.6) is 0 Å². The van der Waals surface area contributed by atoms with Gasteiger partial charge in [-0.3, -0.25) is 0 Å². The number of tetrazole rings is 1. The number of hydrogen-bond acceptors (Lipinski definition) is 4. The second kappa shape index (κ2) is 5.85. The predicted octanol–water partition coefficient (Wildman–Crippen LogP) is 2.28. The van der Waals surface area contributed by atoms with Crippen LogP contribution < -0.4 is 5.32 Å². The number of nitrogens with one attached hydrogen (secondary N) is 2. The van der Waals surface area contributed by atoms with Crippen molar-refractivity contribution in [3.8, 4) is 0 Å². The molecular weight excluding hydrogens is 281 g/mol. The van der Waals surface area contributed by atoms with Gasteiger partial charge in [0.05, 0.1) is 6.04 Å². The first-order chi connectivity index (χ1) is 9.72. The van der Waals surface area contributed by atoms with E-state index in [4.69, 9.17) is 11.6 Å². The van der Waals surface area contributed by atoms with E-state index in [1.165, 1.54) is 12.1 Å². The van der Waals surface area contributed by atoms with Crippen LogP contribution in [0.4, 0.5) is 4.39 Å². The molecule has 2 N–H and O–H groups in total. The van der Waals surface area contributed by atoms with Gasteiger partial charge in [0.2, 0.25) is 0 Å². The summed E-state index contributed by atoms with van der Waals surface area (Å²) < 4.78 is 13.1. The van der Waals surface area contributed by atoms with E-state index < -0.39 is 0 Å². The zero-order chi connectivity index (χ0) is 13.9. The molecule has 2 heterocycles. The van der Waals surface area contributed by atoms with E-state index in [1.54, 1.807) is 6.07 Å². The SMILES string of the molecule is Fc1ccc(CC2CCNC(c3nn[nH]n3)C2)c(Cl)c1. The zero-order valence-electron chi connectivity index (χ0n) is 10.8. The first-order valence-electron chi connectivity index (χ1n) is 6.63. The Kier molecular flexibility index (Phi) is 3.93. The minimum Gasteiger partial charge on any atom is -0.307 e. The van der Waals surface area contributed by atoms with E-state index in [-0.39, 0.29) is 11.9 Å². The highest BCUT2D eigenvalue weighted by atomic mass is 35.5. The van der Waals surface area contributed by atoms with Crippen molar-refractivity contribution in [1.82, 2.24) is 25.9 Å². The van der Waals surface area contributed by atoms with Crippen LogP contribution in [0.15, 0.2) is 18.2 Å². The van der Waals surface area contributed by atoms with Crippen LogP contribution >= 0.6 is 11.6 Å². The zero-order valence-corrected chi connectivity index (χ0v) is 11.6. The number of rotatable bonds is 3. The lowest BCUT2D eigenvalue weighted by atomic mass is 9.87. The molecule has 3 rings (SSSR count). The van der Waals surface area contributed by atoms with Crippen LogP contribution in [0.2, 0.25) is 5.02 Å². The van der Waals surface area contributed by atoms with Crippen molar-refractivity contribution in [2.75, 3.05) is 6.54 Å². The van der Waals surface area contributed by atoms with Crippen molar-refractivity contribution in [3.05, 3.63) is 40.4 Å². The Hall–Kier alpha value is -1.53. The highest BCUT2D eigenvalue weighted by molar-refractivity contribution is 6.31. The van der Waals surface area contributed by atoms with Gasteiger partial charge in [0, 0.05) is 5.02 Å². The minimum atomic E-state index is -0.297. The Morgan fingerprint density at radius 3 is 3.05 bits per heavy atom. The van der Waals surface area contributed by atoms with Gasteiger partial charge < -0.3 is 5.32 Å². The lowest BCUT2D eigenvalue weighted by molar-refractivity contribution is 0.296. The molecule has 0 aliphatic carbocycles. The first-order valence-corrected chi connectivity index (χ1v) is 7.01. The van der Waals surface area contributed by atoms with Crippen molar-refractivity contribution in [2.45, 2.75) is 25.3 Å². The fraction of sp³-hybridized carbons (Fsp3) is 0.462. The van der Waals surface area contributed by atoms with Crippen molar-refractivity contribution >= 4 is 11.6 Å². The molecule has 1 saturated heterocycles. The van der Waals surface area contributed by atoms with Gasteiger partial charge in [-0.05, 0) is 49.4 Å². The van der Waals surface area contributed by atoms with E-state index in [0.29, 0.717) is 16.8 Å². The quantitative estimate of drug-likeness (QED) is 0.911. The lowest BCUT2D eigenvalue weighted by Gasteiger charge is -2.28. The molecule has 1 aromatic heterocycles. The number of hydrogen-bond donors (Lipinski definition) is 2. The molecular formula is C13H15ClFN5. The van der Waals surface area contributed by atoms with Gasteiger partial charge in [0.15, 0.2) is 5.82 Å². The van der Waals surface area contributed by atoms with Crippen LogP contribution in [0.25, 0.3) is 0 Å². The standard InChI is InChI=1S/C13H15ClFN5/c14-11-7-10(15)2-1-9(11)5-8-3-4-16-12(6-8)13-17-19-20-18-13/h1-2,7-8,12,16H,3-6H2,(H,17,18,19,20). The Morgan fingerprint density at radius 1 is 1.40 bits per heavy atom. The summed E-state index contributed by atoms with van der Waals surface area (Å²) in [4.78, 5) is 0. The molecule has 1 aromatic carbocycles. The molecule has 5 nitrogen and oxygen atoms in total. The summed E-state index contributed by atoms with van der Waals surface area (Å²) >= 11 is 6.09. The van der Waals surface area contributed by atoms with Crippen LogP contribution in [0.1, 0.15) is 30.3 Å². The number of halogens is 2. The summed E-state index contributed by atoms with van der Waals surface area (Å²) in [7, 11) is 0. The highest BCUT2D eigenvalue weighted by Crippen LogP contribution is 2.29. The lowest BCUT2D eigenvalue weighted by Crippen LogP contribution is -2.33. The largest absolute Gasteiger partial charge is 0.307 e. The fourth-order valence-corrected chi connectivity index (χ4v) is 2.94. The summed E-state index contributed by atoms with van der Waals surface area (Å²) in [6.45, 7) is 0.905. The molecule has 106 valence electrons. The summed E-state index contributed by atoms with van der Waals surface area (Å²) in [5.41, 5.74) is 0.992. The highest BCUT2D eigenvalue weighted by Gasteiger charge is 2.26. The molecule has 0 saturated carbocycles. The maximum absolute atomic E-state index is 13.1. The maximum Gasteiger partial charge on any atom is 0.191 e. The molecule has 2 aromatic rings. The van der Waals surface area contributed by atoms with Gasteiger partial charge in [-0.2, -0.15) is 5.21 Å². The molecule has 7 heteroatoms. The van der Waals surface area contributed by atoms with Crippen LogP contribution in [0, 0.1) is 11.7 Å². The average molecular weight is 296 g/mol. The predicted molar refractivity (Wildman–Crippen MR) is 72.8 cm³/mol. The first kappa shape index (κ1) is 13.5. The van der Waals surface area contributed by atoms with Gasteiger partial charge in [0.25, 0.3) is 0 Å². The molecule has 1 fully saturated rings. The molecule has 2 unspecified atom stereocenters. The van der Waals surface area contributed by atoms with E-state index in [2.05, 4.69) is 25.9 Å². The van der Waals surface area contributed by atoms with Crippen molar-refractivity contribution in [1.29, 1.82) is 0 Å². The monoisotopic (exact) mass is 295 g/mol. The van der Waals surface area contributed by atoms with Gasteiger partial charge >= 0.3 is 0 Å². The summed E-state index contributed by atoms with van der Waals surface area (Å²) in [6.07, 6.45) is 2.82. The molecule has 0 radical (unpaired) electrons. The fourth-order valence-electron chi connectivity index (χ4n) is 2.69. The van der Waals surface area contributed by atoms with Crippen LogP contribution in [0.3, 0.4) is 0 Å². The van der Waals surface area contributed by atoms with E-state index in [1.807, 2.05) is 0 Å². The average Bonchev–Trinajstić information content (AvgIpc) is 2.96. The van der Waals surface area contributed by atoms with Crippen molar-refractivity contribution in [2.24, 2.45) is 5.92 Å². The van der Waals surface area contributed by atoms with Gasteiger partial charge in [-0.25, -0.2) is 4.39 Å². The molecule has 20 heavy (non-hydrogen) atoms. The summed E-state index contributed by atoms with van der Waals surface area (Å²) in [5, 5.41) is 18.0. The molecule has 0 bridgehead atoms. The van der Waals surface area contributed by atoms with Crippen LogP contribution in [-0.2, 0) is 6.42 Å². The van der Waals surface area contributed by atoms with E-state index in [0.717, 1.165) is 31.4 Å². The number of aromatic amines is 1. The Balaban J connectivity index is 1.68. The van der Waals surface area contributed by atoms with Crippen LogP contribution in [-0.4, -0.2) is 27.2 Å². The maximum atomic E-state index is 13.1. The van der Waals surface area contributed by atoms with E-state index in [9.17, 15) is 4.39 Å². The Labute approximate surface area is 120 Å². The van der Waals surface area contributed by atoms with Gasteiger partial charge in [-0.15, -0.1) is 10.2 Å². The van der Waals surface area contributed by atoms with Gasteiger partial charge in [0.1, 0.15) is 5.82 Å². The third-order valence-electron chi connectivity index (χ3n) is 3.71. The third-order valence-corrected chi connectivity index (χ3v) is 4.06. The molecule has 2 atom stereocenters. The number of piperidine rings is 1. The molecule has 1 aliphatic heterocycles. The third kappa shape index (κ3) is 2.96. The topological polar surface area (TPSA) is 66.5 Å². The molecule has 1 aliphatic rings. The second-order valence-corrected chi connectivity index (χ2v) is 5.51. The smallest absolute Gasteiger partial charge is 0.191 e. The normalized spacial score (nSPS) is 22.9. The number of aromatic nitrogens is 4. The van der Waals surface area contributed by atoms with Gasteiger partial charge in [-0.1, -0.05) is 22.9 Å². The van der Waals surface area contributed by atoms with Crippen molar-refractivity contribution < 1.29 is 4.39 Å². The number of benzene rings is 1. The minimum absolute atomic E-state index is 0.117. The second-order valence-electron chi connectivity index (χ2n) is 5.11. The van der Waals surface area contributed by atoms with Crippen molar-refractivity contribution in [3.63, 3.8) is 0 Å². The summed E-state index contributed by atoms with van der Waals surface area (Å²) in [6, 6.07) is 4.71. The Bertz CT molecular complexity index is 574. The molecule has 0 amide bonds.